The highest BCUT2D eigenvalue weighted by Crippen LogP contribution is 2.34. The van der Waals surface area contributed by atoms with Gasteiger partial charge in [-0.15, -0.1) is 0 Å². The molecule has 0 atom stereocenters. The van der Waals surface area contributed by atoms with Gasteiger partial charge in [0.05, 0.1) is 10.6 Å². The summed E-state index contributed by atoms with van der Waals surface area (Å²) in [4.78, 5) is 13.3. The van der Waals surface area contributed by atoms with Crippen LogP contribution in [0, 0.1) is 5.82 Å². The van der Waals surface area contributed by atoms with E-state index < -0.39 is 11.4 Å². The Morgan fingerprint density at radius 2 is 2.14 bits per heavy atom. The monoisotopic (exact) mass is 329 g/mol. The minimum Gasteiger partial charge on any atom is -0.385 e. The van der Waals surface area contributed by atoms with E-state index in [1.54, 1.807) is 6.07 Å². The van der Waals surface area contributed by atoms with Crippen LogP contribution in [0.3, 0.4) is 0 Å². The zero-order valence-electron chi connectivity index (χ0n) is 12.3. The van der Waals surface area contributed by atoms with Crippen LogP contribution in [-0.2, 0) is 10.4 Å². The molecule has 0 aromatic heterocycles. The minimum atomic E-state index is -0.970. The van der Waals surface area contributed by atoms with Crippen molar-refractivity contribution in [2.45, 2.75) is 31.3 Å². The lowest BCUT2D eigenvalue weighted by molar-refractivity contribution is -0.121. The normalized spacial score (nSPS) is 18.2. The maximum absolute atomic E-state index is 13.2. The number of rotatable bonds is 5. The number of nitrogens with zero attached hydrogens (tertiary/aromatic N) is 1. The molecule has 1 aromatic rings. The van der Waals surface area contributed by atoms with Gasteiger partial charge in [-0.3, -0.25) is 10.2 Å². The van der Waals surface area contributed by atoms with Gasteiger partial charge in [-0.1, -0.05) is 17.7 Å². The van der Waals surface area contributed by atoms with Crippen molar-refractivity contribution in [3.63, 3.8) is 0 Å². The van der Waals surface area contributed by atoms with Gasteiger partial charge >= 0.3 is 0 Å². The Labute approximate surface area is 134 Å². The third-order valence-electron chi connectivity index (χ3n) is 4.18. The number of hydrogen-bond acceptors (Lipinski definition) is 4. The molecule has 0 saturated carbocycles. The van der Waals surface area contributed by atoms with Gasteiger partial charge in [-0.05, 0) is 43.5 Å². The van der Waals surface area contributed by atoms with Crippen LogP contribution in [0.15, 0.2) is 18.2 Å². The van der Waals surface area contributed by atoms with Crippen molar-refractivity contribution < 1.29 is 14.3 Å². The van der Waals surface area contributed by atoms with Gasteiger partial charge in [0.1, 0.15) is 5.82 Å². The van der Waals surface area contributed by atoms with Crippen molar-refractivity contribution in [1.82, 2.24) is 10.3 Å². The van der Waals surface area contributed by atoms with Crippen molar-refractivity contribution in [2.75, 3.05) is 19.6 Å². The largest absolute Gasteiger partial charge is 0.385 e. The van der Waals surface area contributed by atoms with Gasteiger partial charge in [0.25, 0.3) is 0 Å². The Bertz CT molecular complexity index is 534. The minimum absolute atomic E-state index is 0.0288. The number of hydrogen-bond donors (Lipinski definition) is 3. The second-order valence-corrected chi connectivity index (χ2v) is 6.08. The SMILES string of the molecule is NNC(=O)CCCN1CCC(O)(c2ccc(F)c(Cl)c2)CC1. The van der Waals surface area contributed by atoms with Crippen LogP contribution in [-0.4, -0.2) is 35.5 Å². The number of likely N-dealkylation sites (tertiary alicyclic amines) is 1. The van der Waals surface area contributed by atoms with E-state index in [0.29, 0.717) is 24.8 Å². The molecule has 2 rings (SSSR count). The van der Waals surface area contributed by atoms with E-state index in [1.807, 2.05) is 0 Å². The fourth-order valence-electron chi connectivity index (χ4n) is 2.76. The van der Waals surface area contributed by atoms with Crippen LogP contribution in [0.4, 0.5) is 4.39 Å². The zero-order chi connectivity index (χ0) is 16.2. The number of nitrogens with one attached hydrogen (secondary N) is 1. The van der Waals surface area contributed by atoms with Crippen molar-refractivity contribution in [2.24, 2.45) is 5.84 Å². The van der Waals surface area contributed by atoms with E-state index in [-0.39, 0.29) is 10.9 Å². The van der Waals surface area contributed by atoms with Gasteiger partial charge < -0.3 is 10.0 Å². The molecular weight excluding hydrogens is 309 g/mol. The summed E-state index contributed by atoms with van der Waals surface area (Å²) < 4.78 is 13.2. The van der Waals surface area contributed by atoms with E-state index in [2.05, 4.69) is 10.3 Å². The Morgan fingerprint density at radius 3 is 2.73 bits per heavy atom. The summed E-state index contributed by atoms with van der Waals surface area (Å²) in [5.41, 5.74) is 1.79. The molecule has 122 valence electrons. The van der Waals surface area contributed by atoms with Crippen LogP contribution in [0.25, 0.3) is 0 Å². The molecule has 1 aliphatic rings. The summed E-state index contributed by atoms with van der Waals surface area (Å²) in [6.45, 7) is 2.22. The maximum Gasteiger partial charge on any atom is 0.233 e. The van der Waals surface area contributed by atoms with Gasteiger partial charge in [-0.2, -0.15) is 0 Å². The van der Waals surface area contributed by atoms with E-state index in [1.165, 1.54) is 12.1 Å². The molecule has 7 heteroatoms. The molecule has 1 aromatic carbocycles. The van der Waals surface area contributed by atoms with Gasteiger partial charge in [0.2, 0.25) is 5.91 Å². The number of carbonyl (C=O) groups is 1. The van der Waals surface area contributed by atoms with Gasteiger partial charge in [0, 0.05) is 19.5 Å². The Balaban J connectivity index is 1.87. The van der Waals surface area contributed by atoms with E-state index in [9.17, 15) is 14.3 Å². The molecule has 1 amide bonds. The predicted molar refractivity (Wildman–Crippen MR) is 82.5 cm³/mol. The van der Waals surface area contributed by atoms with Crippen LogP contribution in [0.1, 0.15) is 31.2 Å². The number of hydrazine groups is 1. The third kappa shape index (κ3) is 4.16. The average Bonchev–Trinajstić information content (AvgIpc) is 2.51. The lowest BCUT2D eigenvalue weighted by atomic mass is 9.84. The van der Waals surface area contributed by atoms with Crippen molar-refractivity contribution in [1.29, 1.82) is 0 Å². The topological polar surface area (TPSA) is 78.6 Å². The number of benzene rings is 1. The molecule has 1 aliphatic heterocycles. The molecule has 0 spiro atoms. The first-order valence-electron chi connectivity index (χ1n) is 7.34. The maximum atomic E-state index is 13.2. The molecule has 22 heavy (non-hydrogen) atoms. The molecule has 0 radical (unpaired) electrons. The summed E-state index contributed by atoms with van der Waals surface area (Å²) in [6.07, 6.45) is 2.23. The predicted octanol–water partition coefficient (Wildman–Crippen LogP) is 1.53. The van der Waals surface area contributed by atoms with Crippen LogP contribution < -0.4 is 11.3 Å². The Morgan fingerprint density at radius 1 is 1.45 bits per heavy atom. The highest BCUT2D eigenvalue weighted by Gasteiger charge is 2.34. The number of carbonyl (C=O) groups excluding carboxylic acids is 1. The molecule has 5 nitrogen and oxygen atoms in total. The molecule has 1 fully saturated rings. The number of amides is 1. The number of halogens is 2. The smallest absolute Gasteiger partial charge is 0.233 e. The van der Waals surface area contributed by atoms with E-state index >= 15 is 0 Å². The quantitative estimate of drug-likeness (QED) is 0.435. The van der Waals surface area contributed by atoms with Crippen LogP contribution >= 0.6 is 11.6 Å². The van der Waals surface area contributed by atoms with Crippen molar-refractivity contribution in [3.8, 4) is 0 Å². The lowest BCUT2D eigenvalue weighted by Gasteiger charge is -2.38. The van der Waals surface area contributed by atoms with Crippen molar-refractivity contribution in [3.05, 3.63) is 34.6 Å². The zero-order valence-corrected chi connectivity index (χ0v) is 13.1. The van der Waals surface area contributed by atoms with E-state index in [0.717, 1.165) is 26.1 Å². The molecule has 0 bridgehead atoms. The Kier molecular flexibility index (Phi) is 5.74. The summed E-state index contributed by atoms with van der Waals surface area (Å²) in [7, 11) is 0. The molecule has 0 unspecified atom stereocenters. The van der Waals surface area contributed by atoms with Crippen molar-refractivity contribution >= 4 is 17.5 Å². The molecule has 1 heterocycles. The molecule has 1 saturated heterocycles. The number of piperidine rings is 1. The molecule has 0 aliphatic carbocycles. The fourth-order valence-corrected chi connectivity index (χ4v) is 2.94. The fraction of sp³-hybridized carbons (Fsp3) is 0.533. The summed E-state index contributed by atoms with van der Waals surface area (Å²) in [5, 5.41) is 10.8. The first kappa shape index (κ1) is 17.1. The first-order valence-corrected chi connectivity index (χ1v) is 7.72. The standard InChI is InChI=1S/C15H21ClFN3O2/c16-12-10-11(3-4-13(12)17)15(22)5-8-20(9-6-15)7-1-2-14(21)19-18/h3-4,10,22H,1-2,5-9,18H2,(H,19,21). The molecule has 4 N–H and O–H groups in total. The van der Waals surface area contributed by atoms with E-state index in [4.69, 9.17) is 17.4 Å². The third-order valence-corrected chi connectivity index (χ3v) is 4.47. The summed E-state index contributed by atoms with van der Waals surface area (Å²) in [6, 6.07) is 4.37. The van der Waals surface area contributed by atoms with Crippen LogP contribution in [0.2, 0.25) is 5.02 Å². The molecular formula is C15H21ClFN3O2. The summed E-state index contributed by atoms with van der Waals surface area (Å²) >= 11 is 5.79. The summed E-state index contributed by atoms with van der Waals surface area (Å²) in [5.74, 6) is 4.38. The average molecular weight is 330 g/mol. The highest BCUT2D eigenvalue weighted by atomic mass is 35.5. The van der Waals surface area contributed by atoms with Crippen LogP contribution in [0.5, 0.6) is 0 Å². The first-order chi connectivity index (χ1) is 10.4. The highest BCUT2D eigenvalue weighted by molar-refractivity contribution is 6.30. The second kappa shape index (κ2) is 7.37. The lowest BCUT2D eigenvalue weighted by Crippen LogP contribution is -2.43. The van der Waals surface area contributed by atoms with Gasteiger partial charge in [-0.25, -0.2) is 10.2 Å². The second-order valence-electron chi connectivity index (χ2n) is 5.67. The van der Waals surface area contributed by atoms with Gasteiger partial charge in [0.15, 0.2) is 0 Å². The number of aliphatic hydroxyl groups is 1. The number of nitrogens with two attached hydrogens (primary N) is 1. The Hall–Kier alpha value is -1.21.